The lowest BCUT2D eigenvalue weighted by Gasteiger charge is -2.15. The number of anilines is 1. The Bertz CT molecular complexity index is 1050. The number of amides is 2. The van der Waals surface area contributed by atoms with Crippen molar-refractivity contribution < 1.29 is 9.59 Å². The number of hydrogen-bond donors (Lipinski definition) is 1. The van der Waals surface area contributed by atoms with Crippen LogP contribution in [-0.2, 0) is 24.2 Å². The molecule has 5 heteroatoms. The molecule has 3 aromatic rings. The fraction of sp³-hybridized carbons (Fsp3) is 0.217. The molecule has 0 fully saturated rings. The first-order chi connectivity index (χ1) is 13.5. The van der Waals surface area contributed by atoms with Crippen LogP contribution in [-0.4, -0.2) is 23.8 Å². The molecule has 1 aliphatic carbocycles. The fourth-order valence-electron chi connectivity index (χ4n) is 3.51. The van der Waals surface area contributed by atoms with Gasteiger partial charge in [0.25, 0.3) is 5.91 Å². The molecule has 0 radical (unpaired) electrons. The summed E-state index contributed by atoms with van der Waals surface area (Å²) in [6.07, 6.45) is 2.00. The fourth-order valence-corrected chi connectivity index (χ4v) is 4.67. The number of benzene rings is 2. The van der Waals surface area contributed by atoms with Gasteiger partial charge in [0.05, 0.1) is 4.88 Å². The largest absolute Gasteiger partial charge is 0.342 e. The molecule has 2 aromatic carbocycles. The lowest BCUT2D eigenvalue weighted by molar-refractivity contribution is -0.128. The molecule has 0 aliphatic heterocycles. The Morgan fingerprint density at radius 2 is 1.82 bits per heavy atom. The Morgan fingerprint density at radius 3 is 2.64 bits per heavy atom. The molecule has 0 atom stereocenters. The number of rotatable bonds is 4. The van der Waals surface area contributed by atoms with Gasteiger partial charge in [0, 0.05) is 31.1 Å². The van der Waals surface area contributed by atoms with Gasteiger partial charge in [-0.2, -0.15) is 0 Å². The van der Waals surface area contributed by atoms with Crippen LogP contribution in [0.3, 0.4) is 0 Å². The lowest BCUT2D eigenvalue weighted by Crippen LogP contribution is -2.23. The molecule has 0 saturated carbocycles. The van der Waals surface area contributed by atoms with E-state index < -0.39 is 0 Å². The molecule has 0 bridgehead atoms. The van der Waals surface area contributed by atoms with Crippen molar-refractivity contribution in [1.82, 2.24) is 4.90 Å². The average Bonchev–Trinajstić information content (AvgIpc) is 3.13. The number of nitrogens with zero attached hydrogens (tertiary/aromatic N) is 1. The molecule has 1 N–H and O–H groups in total. The summed E-state index contributed by atoms with van der Waals surface area (Å²) in [7, 11) is 1.77. The first-order valence-electron chi connectivity index (χ1n) is 9.34. The van der Waals surface area contributed by atoms with Gasteiger partial charge in [-0.25, -0.2) is 0 Å². The first-order valence-corrected chi connectivity index (χ1v) is 10.2. The number of thiophene rings is 1. The lowest BCUT2D eigenvalue weighted by atomic mass is 9.91. The summed E-state index contributed by atoms with van der Waals surface area (Å²) in [6, 6.07) is 18.1. The van der Waals surface area contributed by atoms with Gasteiger partial charge in [-0.1, -0.05) is 36.4 Å². The molecule has 142 valence electrons. The minimum atomic E-state index is -0.0889. The zero-order chi connectivity index (χ0) is 19.7. The van der Waals surface area contributed by atoms with E-state index in [1.54, 1.807) is 30.2 Å². The smallest absolute Gasteiger partial charge is 0.265 e. The Hall–Kier alpha value is -2.92. The summed E-state index contributed by atoms with van der Waals surface area (Å²) >= 11 is 1.56. The standard InChI is InChI=1S/C23H22N2O2S/c1-15(26)25(2)14-16-6-5-8-19(12-16)24-23(27)21-13-18-11-10-17-7-3-4-9-20(17)22(18)28-21/h3-9,12-13H,10-11,14H2,1-2H3,(H,24,27). The predicted octanol–water partition coefficient (Wildman–Crippen LogP) is 4.74. The number of nitrogens with one attached hydrogen (secondary N) is 1. The zero-order valence-corrected chi connectivity index (χ0v) is 16.8. The third-order valence-corrected chi connectivity index (χ3v) is 6.31. The molecule has 1 aromatic heterocycles. The molecule has 4 rings (SSSR count). The molecular formula is C23H22N2O2S. The molecule has 0 spiro atoms. The second-order valence-electron chi connectivity index (χ2n) is 7.15. The van der Waals surface area contributed by atoms with Crippen LogP contribution in [0.1, 0.15) is 33.3 Å². The number of fused-ring (bicyclic) bond motifs is 3. The highest BCUT2D eigenvalue weighted by Gasteiger charge is 2.21. The van der Waals surface area contributed by atoms with Crippen molar-refractivity contribution in [2.24, 2.45) is 0 Å². The quantitative estimate of drug-likeness (QED) is 0.699. The molecule has 0 saturated heterocycles. The van der Waals surface area contributed by atoms with Gasteiger partial charge in [0.15, 0.2) is 0 Å². The van der Waals surface area contributed by atoms with Gasteiger partial charge < -0.3 is 10.2 Å². The number of carbonyl (C=O) groups is 2. The molecule has 28 heavy (non-hydrogen) atoms. The van der Waals surface area contributed by atoms with Gasteiger partial charge in [-0.05, 0) is 53.3 Å². The van der Waals surface area contributed by atoms with E-state index in [-0.39, 0.29) is 11.8 Å². The number of hydrogen-bond acceptors (Lipinski definition) is 3. The van der Waals surface area contributed by atoms with Crippen LogP contribution < -0.4 is 5.32 Å². The molecule has 1 heterocycles. The van der Waals surface area contributed by atoms with Crippen LogP contribution in [0.25, 0.3) is 10.4 Å². The molecule has 2 amide bonds. The van der Waals surface area contributed by atoms with E-state index in [9.17, 15) is 9.59 Å². The summed E-state index contributed by atoms with van der Waals surface area (Å²) < 4.78 is 0. The Kier molecular flexibility index (Phi) is 5.01. The van der Waals surface area contributed by atoms with Crippen LogP contribution in [0.15, 0.2) is 54.6 Å². The van der Waals surface area contributed by atoms with Gasteiger partial charge in [0.1, 0.15) is 0 Å². The van der Waals surface area contributed by atoms with E-state index in [1.165, 1.54) is 21.6 Å². The highest BCUT2D eigenvalue weighted by atomic mass is 32.1. The minimum Gasteiger partial charge on any atom is -0.342 e. The topological polar surface area (TPSA) is 49.4 Å². The van der Waals surface area contributed by atoms with Crippen molar-refractivity contribution in [3.05, 3.63) is 76.2 Å². The first kappa shape index (κ1) is 18.4. The second-order valence-corrected chi connectivity index (χ2v) is 8.20. The van der Waals surface area contributed by atoms with Crippen molar-refractivity contribution in [3.8, 4) is 10.4 Å². The highest BCUT2D eigenvalue weighted by molar-refractivity contribution is 7.17. The Balaban J connectivity index is 1.53. The van der Waals surface area contributed by atoms with Crippen molar-refractivity contribution >= 4 is 28.8 Å². The maximum Gasteiger partial charge on any atom is 0.265 e. The average molecular weight is 391 g/mol. The number of carbonyl (C=O) groups excluding carboxylic acids is 2. The van der Waals surface area contributed by atoms with Crippen LogP contribution in [0.4, 0.5) is 5.69 Å². The zero-order valence-electron chi connectivity index (χ0n) is 16.0. The van der Waals surface area contributed by atoms with E-state index in [4.69, 9.17) is 0 Å². The van der Waals surface area contributed by atoms with Crippen LogP contribution in [0.2, 0.25) is 0 Å². The van der Waals surface area contributed by atoms with E-state index in [0.717, 1.165) is 29.0 Å². The van der Waals surface area contributed by atoms with Gasteiger partial charge in [-0.15, -0.1) is 11.3 Å². The van der Waals surface area contributed by atoms with Crippen molar-refractivity contribution in [3.63, 3.8) is 0 Å². The summed E-state index contributed by atoms with van der Waals surface area (Å²) in [6.45, 7) is 2.06. The molecular weight excluding hydrogens is 368 g/mol. The van der Waals surface area contributed by atoms with Gasteiger partial charge in [-0.3, -0.25) is 9.59 Å². The summed E-state index contributed by atoms with van der Waals surface area (Å²) in [5.41, 5.74) is 5.58. The van der Waals surface area contributed by atoms with E-state index >= 15 is 0 Å². The normalized spacial score (nSPS) is 12.1. The van der Waals surface area contributed by atoms with E-state index in [2.05, 4.69) is 29.6 Å². The molecule has 1 aliphatic rings. The molecule has 4 nitrogen and oxygen atoms in total. The van der Waals surface area contributed by atoms with E-state index in [1.807, 2.05) is 30.3 Å². The Labute approximate surface area is 168 Å². The van der Waals surface area contributed by atoms with Gasteiger partial charge in [0.2, 0.25) is 5.91 Å². The minimum absolute atomic E-state index is 0.0129. The maximum absolute atomic E-state index is 12.8. The van der Waals surface area contributed by atoms with E-state index in [0.29, 0.717) is 6.54 Å². The monoisotopic (exact) mass is 390 g/mol. The van der Waals surface area contributed by atoms with Crippen molar-refractivity contribution in [1.29, 1.82) is 0 Å². The molecule has 0 unspecified atom stereocenters. The number of aryl methyl sites for hydroxylation is 2. The summed E-state index contributed by atoms with van der Waals surface area (Å²) in [4.78, 5) is 27.8. The third kappa shape index (κ3) is 3.71. The second kappa shape index (κ2) is 7.60. The van der Waals surface area contributed by atoms with Crippen LogP contribution in [0.5, 0.6) is 0 Å². The predicted molar refractivity (Wildman–Crippen MR) is 114 cm³/mol. The summed E-state index contributed by atoms with van der Waals surface area (Å²) in [5.74, 6) is -0.0761. The summed E-state index contributed by atoms with van der Waals surface area (Å²) in [5, 5.41) is 3.00. The van der Waals surface area contributed by atoms with Crippen LogP contribution >= 0.6 is 11.3 Å². The highest BCUT2D eigenvalue weighted by Crippen LogP contribution is 2.39. The van der Waals surface area contributed by atoms with Gasteiger partial charge >= 0.3 is 0 Å². The van der Waals surface area contributed by atoms with Crippen LogP contribution in [0, 0.1) is 0 Å². The third-order valence-electron chi connectivity index (χ3n) is 5.10. The van der Waals surface area contributed by atoms with Crippen molar-refractivity contribution in [2.75, 3.05) is 12.4 Å². The maximum atomic E-state index is 12.8. The Morgan fingerprint density at radius 1 is 1.04 bits per heavy atom. The SMILES string of the molecule is CC(=O)N(C)Cc1cccc(NC(=O)c2cc3c(s2)-c2ccccc2CC3)c1. The van der Waals surface area contributed by atoms with Crippen molar-refractivity contribution in [2.45, 2.75) is 26.3 Å².